The van der Waals surface area contributed by atoms with Gasteiger partial charge >= 0.3 is 17.9 Å². The lowest BCUT2D eigenvalue weighted by Crippen LogP contribution is -2.44. The van der Waals surface area contributed by atoms with Crippen molar-refractivity contribution < 1.29 is 33.7 Å². The van der Waals surface area contributed by atoms with Gasteiger partial charge in [-0.2, -0.15) is 0 Å². The summed E-state index contributed by atoms with van der Waals surface area (Å²) in [5.74, 6) is -2.62. The Morgan fingerprint density at radius 1 is 0.857 bits per heavy atom. The molecule has 0 aromatic carbocycles. The van der Waals surface area contributed by atoms with Gasteiger partial charge < -0.3 is 19.3 Å². The summed E-state index contributed by atoms with van der Waals surface area (Å²) in [6.07, 6.45) is -1.31. The third-order valence-corrected chi connectivity index (χ3v) is 2.14. The van der Waals surface area contributed by atoms with E-state index in [0.29, 0.717) is 0 Å². The third kappa shape index (κ3) is 8.80. The van der Waals surface area contributed by atoms with Crippen molar-refractivity contribution in [3.05, 3.63) is 13.2 Å². The van der Waals surface area contributed by atoms with Gasteiger partial charge in [-0.15, -0.1) is 13.2 Å². The van der Waals surface area contributed by atoms with E-state index in [2.05, 4.69) is 27.4 Å². The number of esters is 3. The Morgan fingerprint density at radius 2 is 1.19 bits per heavy atom. The Bertz CT molecular complexity index is 318. The van der Waals surface area contributed by atoms with Crippen molar-refractivity contribution in [2.24, 2.45) is 0 Å². The molecule has 0 aliphatic rings. The van der Waals surface area contributed by atoms with Crippen LogP contribution in [0, 0.1) is 0 Å². The Kier molecular flexibility index (Phi) is 12.1. The largest absolute Gasteiger partial charge is 0.466 e. The second-order valence-corrected chi connectivity index (χ2v) is 3.72. The minimum atomic E-state index is -2.26. The maximum absolute atomic E-state index is 11.7. The van der Waals surface area contributed by atoms with Crippen molar-refractivity contribution in [3.8, 4) is 0 Å². The molecular weight excluding hydrogens is 280 g/mol. The van der Waals surface area contributed by atoms with E-state index < -0.39 is 36.4 Å². The number of hydrogen-bond acceptors (Lipinski definition) is 7. The fourth-order valence-corrected chi connectivity index (χ4v) is 1.37. The zero-order valence-electron chi connectivity index (χ0n) is 12.8. The van der Waals surface area contributed by atoms with Crippen molar-refractivity contribution in [2.45, 2.75) is 39.2 Å². The van der Waals surface area contributed by atoms with E-state index in [4.69, 9.17) is 0 Å². The molecule has 0 aliphatic carbocycles. The molecule has 0 radical (unpaired) electrons. The van der Waals surface area contributed by atoms with Crippen molar-refractivity contribution in [1.82, 2.24) is 0 Å². The summed E-state index contributed by atoms with van der Waals surface area (Å²) in [7, 11) is 0. The highest BCUT2D eigenvalue weighted by Gasteiger charge is 2.43. The molecule has 7 heteroatoms. The first-order valence-electron chi connectivity index (χ1n) is 6.60. The van der Waals surface area contributed by atoms with E-state index in [1.54, 1.807) is 20.8 Å². The molecule has 0 aromatic rings. The minimum absolute atomic E-state index is 0.0206. The number of carbonyl (C=O) groups excluding carboxylic acids is 3. The second kappa shape index (κ2) is 11.9. The second-order valence-electron chi connectivity index (χ2n) is 3.72. The molecule has 0 bridgehead atoms. The number of carbonyl (C=O) groups is 3. The molecular formula is C14H24O7. The van der Waals surface area contributed by atoms with Gasteiger partial charge in [0.1, 0.15) is 0 Å². The fraction of sp³-hybridized carbons (Fsp3) is 0.643. The van der Waals surface area contributed by atoms with E-state index in [1.165, 1.54) is 0 Å². The lowest BCUT2D eigenvalue weighted by atomic mass is 9.95. The minimum Gasteiger partial charge on any atom is -0.466 e. The lowest BCUT2D eigenvalue weighted by molar-refractivity contribution is -0.177. The highest BCUT2D eigenvalue weighted by molar-refractivity contribution is 5.90. The molecule has 0 aromatic heterocycles. The van der Waals surface area contributed by atoms with Crippen LogP contribution in [0.1, 0.15) is 33.6 Å². The maximum atomic E-state index is 11.7. The smallest absolute Gasteiger partial charge is 0.339 e. The average molecular weight is 304 g/mol. The zero-order chi connectivity index (χ0) is 16.9. The van der Waals surface area contributed by atoms with Crippen molar-refractivity contribution in [2.75, 3.05) is 19.8 Å². The van der Waals surface area contributed by atoms with E-state index in [0.717, 1.165) is 0 Å². The van der Waals surface area contributed by atoms with E-state index in [-0.39, 0.29) is 19.8 Å². The summed E-state index contributed by atoms with van der Waals surface area (Å²) in [4.78, 5) is 34.4. The van der Waals surface area contributed by atoms with Gasteiger partial charge in [-0.25, -0.2) is 4.79 Å². The molecule has 0 heterocycles. The van der Waals surface area contributed by atoms with E-state index in [1.807, 2.05) is 0 Å². The molecule has 122 valence electrons. The first-order valence-corrected chi connectivity index (χ1v) is 6.60. The number of rotatable bonds is 8. The number of ether oxygens (including phenoxy) is 3. The van der Waals surface area contributed by atoms with Crippen LogP contribution < -0.4 is 0 Å². The normalized spacial score (nSPS) is 9.90. The summed E-state index contributed by atoms with van der Waals surface area (Å²) >= 11 is 0. The van der Waals surface area contributed by atoms with Crippen molar-refractivity contribution in [1.29, 1.82) is 0 Å². The molecule has 21 heavy (non-hydrogen) atoms. The van der Waals surface area contributed by atoms with Crippen LogP contribution in [0.25, 0.3) is 0 Å². The molecule has 0 rings (SSSR count). The zero-order valence-corrected chi connectivity index (χ0v) is 12.8. The summed E-state index contributed by atoms with van der Waals surface area (Å²) in [6, 6.07) is 0. The Hall–Kier alpha value is -1.89. The van der Waals surface area contributed by atoms with Gasteiger partial charge in [0.15, 0.2) is 5.60 Å². The molecule has 7 nitrogen and oxygen atoms in total. The molecule has 1 N–H and O–H groups in total. The predicted molar refractivity (Wildman–Crippen MR) is 75.3 cm³/mol. The highest BCUT2D eigenvalue weighted by Crippen LogP contribution is 2.19. The summed E-state index contributed by atoms with van der Waals surface area (Å²) in [5, 5.41) is 10.1. The number of aliphatic hydroxyl groups is 1. The van der Waals surface area contributed by atoms with Crippen molar-refractivity contribution in [3.63, 3.8) is 0 Å². The highest BCUT2D eigenvalue weighted by atomic mass is 16.6. The first kappa shape index (κ1) is 21.4. The van der Waals surface area contributed by atoms with Crippen LogP contribution in [-0.2, 0) is 28.6 Å². The van der Waals surface area contributed by atoms with Crippen LogP contribution in [0.3, 0.4) is 0 Å². The third-order valence-electron chi connectivity index (χ3n) is 2.14. The maximum Gasteiger partial charge on any atom is 0.339 e. The lowest BCUT2D eigenvalue weighted by Gasteiger charge is -2.23. The van der Waals surface area contributed by atoms with Crippen LogP contribution in [0.5, 0.6) is 0 Å². The summed E-state index contributed by atoms with van der Waals surface area (Å²) in [5.41, 5.74) is -2.26. The molecule has 0 amide bonds. The molecule has 0 saturated carbocycles. The van der Waals surface area contributed by atoms with Gasteiger partial charge in [-0.05, 0) is 20.8 Å². The van der Waals surface area contributed by atoms with E-state index >= 15 is 0 Å². The summed E-state index contributed by atoms with van der Waals surface area (Å²) in [6.45, 7) is 11.0. The molecule has 0 fully saturated rings. The first-order chi connectivity index (χ1) is 9.89. The molecule has 0 atom stereocenters. The molecule has 0 spiro atoms. The van der Waals surface area contributed by atoms with Gasteiger partial charge in [-0.1, -0.05) is 0 Å². The Labute approximate surface area is 124 Å². The van der Waals surface area contributed by atoms with Gasteiger partial charge in [0.25, 0.3) is 0 Å². The topological polar surface area (TPSA) is 99.1 Å². The van der Waals surface area contributed by atoms with Crippen molar-refractivity contribution >= 4 is 17.9 Å². The fourth-order valence-electron chi connectivity index (χ4n) is 1.37. The SMILES string of the molecule is C=C.CCOC(=O)CC(O)(CC(=O)OCC)C(=O)OCC. The standard InChI is InChI=1S/C12H20O7.C2H4/c1-4-17-9(13)7-12(16,11(15)19-6-3)8-10(14)18-5-2;1-2/h16H,4-8H2,1-3H3;1-2H2. The molecule has 0 unspecified atom stereocenters. The van der Waals surface area contributed by atoms with Gasteiger partial charge in [0, 0.05) is 0 Å². The van der Waals surface area contributed by atoms with Crippen LogP contribution >= 0.6 is 0 Å². The predicted octanol–water partition coefficient (Wildman–Crippen LogP) is 0.989. The van der Waals surface area contributed by atoms with Gasteiger partial charge in [0.2, 0.25) is 0 Å². The quantitative estimate of drug-likeness (QED) is 0.405. The van der Waals surface area contributed by atoms with Crippen LogP contribution in [0.15, 0.2) is 13.2 Å². The monoisotopic (exact) mass is 304 g/mol. The Balaban J connectivity index is 0. The molecule has 0 aliphatic heterocycles. The van der Waals surface area contributed by atoms with Crippen LogP contribution in [0.2, 0.25) is 0 Å². The molecule has 0 saturated heterocycles. The van der Waals surface area contributed by atoms with Crippen LogP contribution in [-0.4, -0.2) is 48.4 Å². The summed E-state index contributed by atoms with van der Waals surface area (Å²) < 4.78 is 14.0. The van der Waals surface area contributed by atoms with Gasteiger partial charge in [-0.3, -0.25) is 9.59 Å². The Morgan fingerprint density at radius 3 is 1.48 bits per heavy atom. The van der Waals surface area contributed by atoms with Crippen LogP contribution in [0.4, 0.5) is 0 Å². The van der Waals surface area contributed by atoms with Gasteiger partial charge in [0.05, 0.1) is 32.7 Å². The number of hydrogen-bond donors (Lipinski definition) is 1. The average Bonchev–Trinajstić information content (AvgIpc) is 2.41. The van der Waals surface area contributed by atoms with E-state index in [9.17, 15) is 19.5 Å².